The molecule has 0 aliphatic rings. The Morgan fingerprint density at radius 1 is 0.480 bits per heavy atom. The molecule has 136 valence electrons. The number of halogens is 9. The third kappa shape index (κ3) is 2.72. The van der Waals surface area contributed by atoms with Crippen LogP contribution in [0.1, 0.15) is 0 Å². The standard InChI is InChI=1S/C12HF9O3S/c13-3-1(4(14)8(18)10(20)7(3)17)2-5(15)9(19)11(21)12(6(2)16)25(22,23)24/h(H,22,23,24). The Kier molecular flexibility index (Phi) is 4.50. The average Bonchev–Trinajstić information content (AvgIpc) is 2.51. The number of hydrogen-bond donors (Lipinski definition) is 1. The molecule has 0 saturated heterocycles. The van der Waals surface area contributed by atoms with E-state index in [0.717, 1.165) is 0 Å². The lowest BCUT2D eigenvalue weighted by atomic mass is 10.0. The van der Waals surface area contributed by atoms with E-state index in [2.05, 4.69) is 0 Å². The van der Waals surface area contributed by atoms with E-state index in [0.29, 0.717) is 0 Å². The molecule has 0 aliphatic carbocycles. The van der Waals surface area contributed by atoms with Gasteiger partial charge in [0, 0.05) is 0 Å². The van der Waals surface area contributed by atoms with E-state index in [4.69, 9.17) is 4.55 Å². The van der Waals surface area contributed by atoms with Crippen LogP contribution in [0.2, 0.25) is 0 Å². The molecule has 0 unspecified atom stereocenters. The van der Waals surface area contributed by atoms with E-state index in [-0.39, 0.29) is 0 Å². The van der Waals surface area contributed by atoms with Gasteiger partial charge >= 0.3 is 10.1 Å². The smallest absolute Gasteiger partial charge is 0.282 e. The molecule has 0 amide bonds. The van der Waals surface area contributed by atoms with Gasteiger partial charge in [0.2, 0.25) is 5.82 Å². The molecule has 2 aromatic rings. The average molecular weight is 396 g/mol. The molecular formula is C12HF9O3S. The predicted octanol–water partition coefficient (Wildman–Crippen LogP) is 3.85. The third-order valence-electron chi connectivity index (χ3n) is 2.94. The second-order valence-corrected chi connectivity index (χ2v) is 5.74. The first-order chi connectivity index (χ1) is 11.3. The van der Waals surface area contributed by atoms with Crippen LogP contribution in [0.4, 0.5) is 39.5 Å². The lowest BCUT2D eigenvalue weighted by molar-refractivity contribution is 0.377. The summed E-state index contributed by atoms with van der Waals surface area (Å²) in [5.41, 5.74) is -4.81. The highest BCUT2D eigenvalue weighted by Gasteiger charge is 2.37. The molecule has 0 spiro atoms. The topological polar surface area (TPSA) is 54.4 Å². The minimum Gasteiger partial charge on any atom is -0.282 e. The maximum Gasteiger partial charge on any atom is 0.300 e. The molecule has 0 bridgehead atoms. The zero-order chi connectivity index (χ0) is 19.4. The molecule has 3 nitrogen and oxygen atoms in total. The summed E-state index contributed by atoms with van der Waals surface area (Å²) in [6.07, 6.45) is 0. The molecule has 2 rings (SSSR count). The molecule has 0 aliphatic heterocycles. The lowest BCUT2D eigenvalue weighted by Crippen LogP contribution is -2.13. The van der Waals surface area contributed by atoms with Gasteiger partial charge in [-0.2, -0.15) is 8.42 Å². The highest BCUT2D eigenvalue weighted by atomic mass is 32.2. The lowest BCUT2D eigenvalue weighted by Gasteiger charge is -2.13. The van der Waals surface area contributed by atoms with E-state index in [1.54, 1.807) is 0 Å². The summed E-state index contributed by atoms with van der Waals surface area (Å²) in [7, 11) is -5.95. The van der Waals surface area contributed by atoms with Gasteiger partial charge in [0.15, 0.2) is 51.4 Å². The Bertz CT molecular complexity index is 989. The molecule has 0 radical (unpaired) electrons. The van der Waals surface area contributed by atoms with Crippen molar-refractivity contribution in [2.24, 2.45) is 0 Å². The fraction of sp³-hybridized carbons (Fsp3) is 0. The van der Waals surface area contributed by atoms with Crippen LogP contribution in [0.25, 0.3) is 11.1 Å². The molecule has 0 fully saturated rings. The Balaban J connectivity index is 3.14. The summed E-state index contributed by atoms with van der Waals surface area (Å²) in [6.45, 7) is 0. The van der Waals surface area contributed by atoms with Crippen LogP contribution in [-0.4, -0.2) is 13.0 Å². The van der Waals surface area contributed by atoms with Crippen LogP contribution in [0.5, 0.6) is 0 Å². The molecule has 13 heteroatoms. The van der Waals surface area contributed by atoms with Gasteiger partial charge in [-0.15, -0.1) is 0 Å². The maximum atomic E-state index is 14.0. The van der Waals surface area contributed by atoms with E-state index in [1.165, 1.54) is 0 Å². The quantitative estimate of drug-likeness (QED) is 0.363. The SMILES string of the molecule is O=S(=O)(O)c1c(F)c(F)c(F)c(-c2c(F)c(F)c(F)c(F)c2F)c1F. The summed E-state index contributed by atoms with van der Waals surface area (Å²) < 4.78 is 151. The van der Waals surface area contributed by atoms with Gasteiger partial charge in [-0.05, 0) is 0 Å². The molecule has 0 aromatic heterocycles. The van der Waals surface area contributed by atoms with Crippen molar-refractivity contribution in [3.8, 4) is 11.1 Å². The number of benzene rings is 2. The highest BCUT2D eigenvalue weighted by molar-refractivity contribution is 7.85. The van der Waals surface area contributed by atoms with Gasteiger partial charge in [0.1, 0.15) is 0 Å². The summed E-state index contributed by atoms with van der Waals surface area (Å²) in [4.78, 5) is -2.58. The Morgan fingerprint density at radius 3 is 1.12 bits per heavy atom. The third-order valence-corrected chi connectivity index (χ3v) is 3.82. The van der Waals surface area contributed by atoms with Crippen LogP contribution < -0.4 is 0 Å². The van der Waals surface area contributed by atoms with E-state index < -0.39 is 78.5 Å². The minimum absolute atomic E-state index is 2.39. The van der Waals surface area contributed by atoms with Crippen molar-refractivity contribution in [2.75, 3.05) is 0 Å². The van der Waals surface area contributed by atoms with Crippen molar-refractivity contribution in [2.45, 2.75) is 4.90 Å². The Morgan fingerprint density at radius 2 is 0.760 bits per heavy atom. The summed E-state index contributed by atoms with van der Waals surface area (Å²) >= 11 is 0. The summed E-state index contributed by atoms with van der Waals surface area (Å²) in [5.74, 6) is -25.0. The van der Waals surface area contributed by atoms with Gasteiger partial charge in [-0.25, -0.2) is 39.5 Å². The van der Waals surface area contributed by atoms with Crippen LogP contribution in [0.15, 0.2) is 4.90 Å². The maximum absolute atomic E-state index is 14.0. The molecular weight excluding hydrogens is 395 g/mol. The van der Waals surface area contributed by atoms with E-state index >= 15 is 0 Å². The van der Waals surface area contributed by atoms with Gasteiger partial charge < -0.3 is 0 Å². The largest absolute Gasteiger partial charge is 0.300 e. The van der Waals surface area contributed by atoms with Crippen molar-refractivity contribution in [1.82, 2.24) is 0 Å². The first-order valence-electron chi connectivity index (χ1n) is 5.67. The first-order valence-corrected chi connectivity index (χ1v) is 7.11. The second-order valence-electron chi connectivity index (χ2n) is 4.38. The number of hydrogen-bond acceptors (Lipinski definition) is 2. The molecule has 2 aromatic carbocycles. The van der Waals surface area contributed by atoms with Crippen molar-refractivity contribution in [3.63, 3.8) is 0 Å². The van der Waals surface area contributed by atoms with Crippen molar-refractivity contribution in [1.29, 1.82) is 0 Å². The number of rotatable bonds is 2. The van der Waals surface area contributed by atoms with Gasteiger partial charge in [0.05, 0.1) is 11.1 Å². The molecule has 25 heavy (non-hydrogen) atoms. The highest BCUT2D eigenvalue weighted by Crippen LogP contribution is 2.38. The second kappa shape index (κ2) is 5.91. The molecule has 1 N–H and O–H groups in total. The van der Waals surface area contributed by atoms with Gasteiger partial charge in [-0.1, -0.05) is 0 Å². The normalized spacial score (nSPS) is 11.9. The fourth-order valence-corrected chi connectivity index (χ4v) is 2.53. The zero-order valence-corrected chi connectivity index (χ0v) is 11.9. The van der Waals surface area contributed by atoms with Gasteiger partial charge in [0.25, 0.3) is 0 Å². The summed E-state index contributed by atoms with van der Waals surface area (Å²) in [5, 5.41) is 0. The first kappa shape index (κ1) is 19.1. The zero-order valence-electron chi connectivity index (χ0n) is 11.1. The van der Waals surface area contributed by atoms with E-state index in [9.17, 15) is 47.9 Å². The van der Waals surface area contributed by atoms with Crippen molar-refractivity contribution in [3.05, 3.63) is 52.4 Å². The molecule has 0 saturated carbocycles. The van der Waals surface area contributed by atoms with Gasteiger partial charge in [-0.3, -0.25) is 4.55 Å². The molecule has 0 atom stereocenters. The monoisotopic (exact) mass is 396 g/mol. The Labute approximate surface area is 132 Å². The van der Waals surface area contributed by atoms with Crippen LogP contribution in [0, 0.1) is 52.4 Å². The van der Waals surface area contributed by atoms with Crippen LogP contribution in [0.3, 0.4) is 0 Å². The van der Waals surface area contributed by atoms with Crippen molar-refractivity contribution < 1.29 is 52.5 Å². The van der Waals surface area contributed by atoms with Crippen molar-refractivity contribution >= 4 is 10.1 Å². The van der Waals surface area contributed by atoms with Crippen LogP contribution in [-0.2, 0) is 10.1 Å². The summed E-state index contributed by atoms with van der Waals surface area (Å²) in [6, 6.07) is 0. The molecule has 0 heterocycles. The fourth-order valence-electron chi connectivity index (χ4n) is 1.88. The Hall–Kier alpha value is -2.28. The van der Waals surface area contributed by atoms with Crippen LogP contribution >= 0.6 is 0 Å². The minimum atomic E-state index is -5.95. The van der Waals surface area contributed by atoms with E-state index in [1.807, 2.05) is 0 Å². The predicted molar refractivity (Wildman–Crippen MR) is 61.3 cm³/mol.